The van der Waals surface area contributed by atoms with Crippen LogP contribution >= 0.6 is 0 Å². The Hall–Kier alpha value is -2.88. The Labute approximate surface area is 166 Å². The second kappa shape index (κ2) is 8.87. The molecule has 1 aliphatic carbocycles. The molecule has 0 N–H and O–H groups in total. The zero-order valence-electron chi connectivity index (χ0n) is 16.6. The fraction of sp³-hybridized carbons (Fsp3) is 0.333. The summed E-state index contributed by atoms with van der Waals surface area (Å²) < 4.78 is 11.0. The van der Waals surface area contributed by atoms with Gasteiger partial charge in [0.05, 0.1) is 13.2 Å². The highest BCUT2D eigenvalue weighted by Gasteiger charge is 2.40. The van der Waals surface area contributed by atoms with Gasteiger partial charge in [-0.2, -0.15) is 0 Å². The fourth-order valence-electron chi connectivity index (χ4n) is 3.72. The summed E-state index contributed by atoms with van der Waals surface area (Å²) in [5.41, 5.74) is 3.96. The molecule has 0 radical (unpaired) electrons. The van der Waals surface area contributed by atoms with Gasteiger partial charge in [0, 0.05) is 5.92 Å². The second-order valence-electron chi connectivity index (χ2n) is 6.95. The highest BCUT2D eigenvalue weighted by molar-refractivity contribution is 6.10. The van der Waals surface area contributed by atoms with E-state index in [2.05, 4.69) is 0 Å². The van der Waals surface area contributed by atoms with Gasteiger partial charge >= 0.3 is 5.97 Å². The highest BCUT2D eigenvalue weighted by atomic mass is 16.5. The topological polar surface area (TPSA) is 52.6 Å². The van der Waals surface area contributed by atoms with E-state index in [1.807, 2.05) is 62.4 Å². The molecular formula is C24H26O4. The number of rotatable bonds is 6. The molecule has 0 aromatic heterocycles. The van der Waals surface area contributed by atoms with Crippen LogP contribution < -0.4 is 4.74 Å². The van der Waals surface area contributed by atoms with Gasteiger partial charge in [-0.15, -0.1) is 0 Å². The van der Waals surface area contributed by atoms with Crippen molar-refractivity contribution in [2.45, 2.75) is 33.1 Å². The summed E-state index contributed by atoms with van der Waals surface area (Å²) in [6.07, 6.45) is 2.18. The van der Waals surface area contributed by atoms with Gasteiger partial charge in [-0.1, -0.05) is 48.0 Å². The van der Waals surface area contributed by atoms with Crippen molar-refractivity contribution in [3.63, 3.8) is 0 Å². The molecule has 0 saturated carbocycles. The number of hydrogen-bond acceptors (Lipinski definition) is 4. The molecule has 0 saturated heterocycles. The molecule has 0 spiro atoms. The van der Waals surface area contributed by atoms with Crippen molar-refractivity contribution in [1.82, 2.24) is 0 Å². The summed E-state index contributed by atoms with van der Waals surface area (Å²) >= 11 is 0. The van der Waals surface area contributed by atoms with E-state index in [4.69, 9.17) is 9.47 Å². The van der Waals surface area contributed by atoms with E-state index in [1.165, 1.54) is 0 Å². The molecule has 0 aliphatic heterocycles. The summed E-state index contributed by atoms with van der Waals surface area (Å²) in [5.74, 6) is -1.15. The quantitative estimate of drug-likeness (QED) is 0.539. The summed E-state index contributed by atoms with van der Waals surface area (Å²) in [6, 6.07) is 15.7. The first-order valence-electron chi connectivity index (χ1n) is 9.75. The summed E-state index contributed by atoms with van der Waals surface area (Å²) in [7, 11) is 0. The molecular weight excluding hydrogens is 352 g/mol. The molecule has 2 atom stereocenters. The highest BCUT2D eigenvalue weighted by Crippen LogP contribution is 2.43. The Kier molecular flexibility index (Phi) is 6.30. The van der Waals surface area contributed by atoms with Gasteiger partial charge in [0.1, 0.15) is 11.7 Å². The summed E-state index contributed by atoms with van der Waals surface area (Å²) in [5, 5.41) is 0. The van der Waals surface area contributed by atoms with Crippen LogP contribution in [0.3, 0.4) is 0 Å². The normalized spacial score (nSPS) is 19.1. The van der Waals surface area contributed by atoms with Crippen molar-refractivity contribution in [3.05, 3.63) is 71.3 Å². The lowest BCUT2D eigenvalue weighted by Gasteiger charge is -2.30. The Morgan fingerprint density at radius 3 is 2.43 bits per heavy atom. The van der Waals surface area contributed by atoms with Crippen molar-refractivity contribution >= 4 is 17.3 Å². The van der Waals surface area contributed by atoms with Gasteiger partial charge < -0.3 is 9.47 Å². The number of allylic oxidation sites excluding steroid dienone is 2. The number of carbonyl (C=O) groups excluding carboxylic acids is 2. The smallest absolute Gasteiger partial charge is 0.317 e. The number of para-hydroxylation sites is 1. The van der Waals surface area contributed by atoms with Crippen LogP contribution in [0.1, 0.15) is 42.9 Å². The third kappa shape index (κ3) is 4.16. The van der Waals surface area contributed by atoms with E-state index in [1.54, 1.807) is 13.0 Å². The summed E-state index contributed by atoms with van der Waals surface area (Å²) in [6.45, 7) is 6.46. The molecule has 0 bridgehead atoms. The molecule has 0 fully saturated rings. The largest absolute Gasteiger partial charge is 0.494 e. The fourth-order valence-corrected chi connectivity index (χ4v) is 3.72. The lowest BCUT2D eigenvalue weighted by atomic mass is 9.73. The number of carbonyl (C=O) groups is 2. The lowest BCUT2D eigenvalue weighted by molar-refractivity contribution is -0.151. The number of ketones is 1. The van der Waals surface area contributed by atoms with Crippen molar-refractivity contribution in [1.29, 1.82) is 0 Å². The first-order chi connectivity index (χ1) is 13.5. The number of aryl methyl sites for hydroxylation is 1. The van der Waals surface area contributed by atoms with E-state index in [9.17, 15) is 9.59 Å². The van der Waals surface area contributed by atoms with Gasteiger partial charge in [-0.3, -0.25) is 9.59 Å². The van der Waals surface area contributed by atoms with Crippen LogP contribution in [0.4, 0.5) is 0 Å². The predicted octanol–water partition coefficient (Wildman–Crippen LogP) is 4.71. The zero-order chi connectivity index (χ0) is 20.1. The van der Waals surface area contributed by atoms with E-state index >= 15 is 0 Å². The number of hydrogen-bond donors (Lipinski definition) is 0. The van der Waals surface area contributed by atoms with Gasteiger partial charge in [-0.05, 0) is 56.0 Å². The minimum absolute atomic E-state index is 0.212. The average Bonchev–Trinajstić information content (AvgIpc) is 2.69. The molecule has 3 rings (SSSR count). The third-order valence-corrected chi connectivity index (χ3v) is 5.05. The van der Waals surface area contributed by atoms with Crippen molar-refractivity contribution in [2.24, 2.45) is 5.92 Å². The van der Waals surface area contributed by atoms with Crippen LogP contribution in [0.15, 0.2) is 54.6 Å². The maximum atomic E-state index is 13.0. The molecule has 0 heterocycles. The molecule has 0 unspecified atom stereocenters. The van der Waals surface area contributed by atoms with E-state index in [-0.39, 0.29) is 18.3 Å². The van der Waals surface area contributed by atoms with Crippen LogP contribution in [0.25, 0.3) is 5.57 Å². The maximum Gasteiger partial charge on any atom is 0.317 e. The zero-order valence-corrected chi connectivity index (χ0v) is 16.6. The van der Waals surface area contributed by atoms with Gasteiger partial charge in [-0.25, -0.2) is 0 Å². The van der Waals surface area contributed by atoms with Crippen LogP contribution in [0.2, 0.25) is 0 Å². The molecule has 2 aromatic rings. The van der Waals surface area contributed by atoms with Crippen molar-refractivity contribution in [3.8, 4) is 5.75 Å². The SMILES string of the molecule is CCOC(=O)[C@H]1C(=O)C=C(c2ccc(C)cc2)C[C@@H]1c1ccccc1OCC. The van der Waals surface area contributed by atoms with Gasteiger partial charge in [0.2, 0.25) is 0 Å². The van der Waals surface area contributed by atoms with Crippen LogP contribution in [0.5, 0.6) is 5.75 Å². The first kappa shape index (κ1) is 19.9. The molecule has 0 amide bonds. The first-order valence-corrected chi connectivity index (χ1v) is 9.75. The number of ether oxygens (including phenoxy) is 2. The average molecular weight is 378 g/mol. The van der Waals surface area contributed by atoms with Crippen LogP contribution in [-0.2, 0) is 14.3 Å². The predicted molar refractivity (Wildman–Crippen MR) is 109 cm³/mol. The van der Waals surface area contributed by atoms with Crippen LogP contribution in [0, 0.1) is 12.8 Å². The van der Waals surface area contributed by atoms with Crippen molar-refractivity contribution in [2.75, 3.05) is 13.2 Å². The molecule has 4 nitrogen and oxygen atoms in total. The van der Waals surface area contributed by atoms with Gasteiger partial charge in [0.25, 0.3) is 0 Å². The van der Waals surface area contributed by atoms with E-state index in [0.717, 1.165) is 22.3 Å². The van der Waals surface area contributed by atoms with Crippen molar-refractivity contribution < 1.29 is 19.1 Å². The van der Waals surface area contributed by atoms with Gasteiger partial charge in [0.15, 0.2) is 5.78 Å². The Morgan fingerprint density at radius 2 is 1.75 bits per heavy atom. The van der Waals surface area contributed by atoms with E-state index in [0.29, 0.717) is 18.8 Å². The summed E-state index contributed by atoms with van der Waals surface area (Å²) in [4.78, 5) is 25.6. The number of esters is 1. The third-order valence-electron chi connectivity index (χ3n) is 5.05. The molecule has 1 aliphatic rings. The van der Waals surface area contributed by atoms with Crippen LogP contribution in [-0.4, -0.2) is 25.0 Å². The monoisotopic (exact) mass is 378 g/mol. The standard InChI is InChI=1S/C24H26O4/c1-4-27-22-9-7-6-8-19(22)20-14-18(17-12-10-16(3)11-13-17)15-21(25)23(20)24(26)28-5-2/h6-13,15,20,23H,4-5,14H2,1-3H3/t20-,23-/m1/s1. The Balaban J connectivity index is 2.05. The Bertz CT molecular complexity index is 880. The van der Waals surface area contributed by atoms with E-state index < -0.39 is 11.9 Å². The maximum absolute atomic E-state index is 13.0. The molecule has 2 aromatic carbocycles. The minimum atomic E-state index is -0.851. The Morgan fingerprint density at radius 1 is 1.04 bits per heavy atom. The second-order valence-corrected chi connectivity index (χ2v) is 6.95. The number of benzene rings is 2. The lowest BCUT2D eigenvalue weighted by Crippen LogP contribution is -2.34. The molecule has 146 valence electrons. The minimum Gasteiger partial charge on any atom is -0.494 e. The molecule has 28 heavy (non-hydrogen) atoms. The molecule has 4 heteroatoms.